The van der Waals surface area contributed by atoms with Crippen molar-refractivity contribution >= 4 is 11.8 Å². The maximum atomic E-state index is 11.8. The second kappa shape index (κ2) is 6.77. The fourth-order valence-electron chi connectivity index (χ4n) is 2.44. The lowest BCUT2D eigenvalue weighted by atomic mass is 9.80. The first kappa shape index (κ1) is 12.4. The summed E-state index contributed by atoms with van der Waals surface area (Å²) in [4.78, 5) is 28.1. The Kier molecular flexibility index (Phi) is 3.37. The molecular weight excluding hydrogens is 320 g/mol. The van der Waals surface area contributed by atoms with E-state index in [4.69, 9.17) is 18.3 Å². The van der Waals surface area contributed by atoms with Crippen molar-refractivity contribution < 1.29 is 27.9 Å². The molecule has 1 aromatic carbocycles. The van der Waals surface area contributed by atoms with Crippen LogP contribution in [0.4, 0.5) is 0 Å². The number of carbonyl (C=O) groups is 2. The van der Waals surface area contributed by atoms with Gasteiger partial charge in [-0.3, -0.25) is 19.6 Å². The highest BCUT2D eigenvalue weighted by molar-refractivity contribution is 5.86. The topological polar surface area (TPSA) is 70.1 Å². The van der Waals surface area contributed by atoms with Crippen molar-refractivity contribution in [2.75, 3.05) is 0 Å². The lowest BCUT2D eigenvalue weighted by Gasteiger charge is -2.50. The summed E-state index contributed by atoms with van der Waals surface area (Å²) in [5, 5.41) is 10.4. The second-order valence-electron chi connectivity index (χ2n) is 6.78. The fourth-order valence-corrected chi connectivity index (χ4v) is 2.44. The predicted octanol–water partition coefficient (Wildman–Crippen LogP) is 3.01. The Balaban J connectivity index is 0.000000245. The average Bonchev–Trinajstić information content (AvgIpc) is 2.71. The van der Waals surface area contributed by atoms with Gasteiger partial charge in [-0.15, -0.1) is 0 Å². The van der Waals surface area contributed by atoms with Gasteiger partial charge < -0.3 is 0 Å². The molecule has 6 heteroatoms. The molecule has 0 saturated carbocycles. The van der Waals surface area contributed by atoms with Crippen LogP contribution in [-0.2, 0) is 21.0 Å². The Morgan fingerprint density at radius 3 is 2.12 bits per heavy atom. The molecule has 0 aliphatic carbocycles. The molecule has 2 amide bonds. The van der Waals surface area contributed by atoms with Gasteiger partial charge in [-0.2, -0.15) is 0 Å². The Hall–Kier alpha value is -1.92. The largest absolute Gasteiger partial charge is 0.285 e. The minimum Gasteiger partial charge on any atom is -0.285 e. The Labute approximate surface area is 157 Å². The van der Waals surface area contributed by atoms with E-state index in [0.717, 1.165) is 10.6 Å². The second-order valence-corrected chi connectivity index (χ2v) is 6.78. The van der Waals surface area contributed by atoms with E-state index < -0.39 is 42.5 Å². The van der Waals surface area contributed by atoms with E-state index in [1.165, 1.54) is 20.8 Å². The normalized spacial score (nSPS) is 38.6. The van der Waals surface area contributed by atoms with Gasteiger partial charge in [0.15, 0.2) is 0 Å². The van der Waals surface area contributed by atoms with E-state index in [0.29, 0.717) is 5.06 Å². The first-order chi connectivity index (χ1) is 14.0. The fraction of sp³-hybridized carbons (Fsp3) is 0.579. The lowest BCUT2D eigenvalue weighted by Crippen LogP contribution is -2.66. The van der Waals surface area contributed by atoms with Crippen LogP contribution >= 0.6 is 0 Å². The van der Waals surface area contributed by atoms with Gasteiger partial charge in [-0.1, -0.05) is 44.2 Å². The molecule has 4 atom stereocenters. The van der Waals surface area contributed by atoms with Crippen LogP contribution in [0.2, 0.25) is 0 Å². The van der Waals surface area contributed by atoms with Crippen LogP contribution in [0.5, 0.6) is 0 Å². The summed E-state index contributed by atoms with van der Waals surface area (Å²) in [5.74, 6) is -2.02. The predicted molar refractivity (Wildman–Crippen MR) is 93.2 cm³/mol. The zero-order chi connectivity index (χ0) is 24.0. The number of hydrogen-bond donors (Lipinski definition) is 1. The van der Waals surface area contributed by atoms with Crippen LogP contribution < -0.4 is 0 Å². The molecule has 6 nitrogen and oxygen atoms in total. The van der Waals surface area contributed by atoms with Gasteiger partial charge in [0, 0.05) is 8.22 Å². The van der Waals surface area contributed by atoms with Crippen molar-refractivity contribution in [3.63, 3.8) is 0 Å². The molecule has 0 spiro atoms. The maximum Gasteiger partial charge on any atom is 0.251 e. The van der Waals surface area contributed by atoms with Crippen molar-refractivity contribution in [2.24, 2.45) is 11.8 Å². The van der Waals surface area contributed by atoms with Crippen molar-refractivity contribution in [3.8, 4) is 0 Å². The van der Waals surface area contributed by atoms with Crippen LogP contribution in [-0.4, -0.2) is 38.2 Å². The van der Waals surface area contributed by atoms with Gasteiger partial charge in [0.1, 0.15) is 6.61 Å². The highest BCUT2D eigenvalue weighted by Crippen LogP contribution is 2.37. The van der Waals surface area contributed by atoms with Crippen molar-refractivity contribution in [1.29, 1.82) is 0 Å². The molecule has 25 heavy (non-hydrogen) atoms. The van der Waals surface area contributed by atoms with Crippen LogP contribution in [0.1, 0.15) is 55.2 Å². The van der Waals surface area contributed by atoms with Crippen LogP contribution in [0.25, 0.3) is 0 Å². The van der Waals surface area contributed by atoms with Crippen LogP contribution in [0.15, 0.2) is 30.3 Å². The molecule has 138 valence electrons. The number of amides is 2. The van der Waals surface area contributed by atoms with E-state index in [1.807, 2.05) is 30.3 Å². The molecule has 2 aliphatic heterocycles. The summed E-state index contributed by atoms with van der Waals surface area (Å²) >= 11 is 0. The number of benzene rings is 1. The highest BCUT2D eigenvalue weighted by Gasteiger charge is 2.52. The van der Waals surface area contributed by atoms with Gasteiger partial charge in [0.05, 0.1) is 22.9 Å². The summed E-state index contributed by atoms with van der Waals surface area (Å²) in [6, 6.07) is 9.33. The Bertz CT molecular complexity index is 817. The molecule has 1 N–H and O–H groups in total. The molecule has 1 aromatic rings. The monoisotopic (exact) mass is 354 g/mol. The molecule has 0 bridgehead atoms. The maximum absolute atomic E-state index is 11.8. The Morgan fingerprint density at radius 2 is 1.64 bits per heavy atom. The van der Waals surface area contributed by atoms with Crippen molar-refractivity contribution in [3.05, 3.63) is 35.9 Å². The van der Waals surface area contributed by atoms with E-state index in [-0.39, 0.29) is 12.5 Å². The summed E-state index contributed by atoms with van der Waals surface area (Å²) in [6.07, 6.45) is 0. The van der Waals surface area contributed by atoms with E-state index in [9.17, 15) is 9.59 Å². The summed E-state index contributed by atoms with van der Waals surface area (Å²) in [6.45, 7) is 1.60. The molecule has 2 saturated heterocycles. The number of nitrogens with zero attached hydrogens (tertiary/aromatic N) is 2. The first-order valence-corrected chi connectivity index (χ1v) is 8.05. The van der Waals surface area contributed by atoms with Gasteiger partial charge in [0.25, 0.3) is 11.8 Å². The Morgan fingerprint density at radius 1 is 1.08 bits per heavy atom. The van der Waals surface area contributed by atoms with Gasteiger partial charge in [0.2, 0.25) is 0 Å². The number of hydrogen-bond acceptors (Lipinski definition) is 4. The zero-order valence-corrected chi connectivity index (χ0v) is 14.8. The molecule has 2 aliphatic rings. The third-order valence-corrected chi connectivity index (χ3v) is 4.90. The summed E-state index contributed by atoms with van der Waals surface area (Å²) < 4.78 is 44.1. The summed E-state index contributed by atoms with van der Waals surface area (Å²) in [7, 11) is 0. The third-order valence-electron chi connectivity index (χ3n) is 4.90. The molecule has 2 fully saturated rings. The van der Waals surface area contributed by atoms with E-state index in [2.05, 4.69) is 0 Å². The molecule has 0 radical (unpaired) electrons. The number of β-lactam (4-membered cyclic amide) rings is 2. The molecule has 2 heterocycles. The molecule has 3 rings (SSSR count). The van der Waals surface area contributed by atoms with E-state index >= 15 is 0 Å². The highest BCUT2D eigenvalue weighted by atomic mass is 16.7. The van der Waals surface area contributed by atoms with E-state index in [1.54, 1.807) is 6.92 Å². The zero-order valence-electron chi connectivity index (χ0n) is 20.8. The van der Waals surface area contributed by atoms with Crippen LogP contribution in [0, 0.1) is 11.8 Å². The first-order valence-electron chi connectivity index (χ1n) is 11.0. The van der Waals surface area contributed by atoms with Crippen LogP contribution in [0.3, 0.4) is 0 Å². The quantitative estimate of drug-likeness (QED) is 0.669. The third kappa shape index (κ3) is 3.41. The molecular formula is C19H28N2O4. The SMILES string of the molecule is [2H]C([2H])([2H])[C@]1(C)[C@H](C)C(=O)N1O.[2H]C([2H])([2H])[C@]1(C)[C@H](C)C(=O)N1OCc1ccccc1. The van der Waals surface area contributed by atoms with Crippen molar-refractivity contribution in [1.82, 2.24) is 10.1 Å². The van der Waals surface area contributed by atoms with Gasteiger partial charge >= 0.3 is 0 Å². The standard InChI is InChI=1S/C13H17NO2.C6H11NO2/c1-10-12(15)14(13(10,2)3)16-9-11-7-5-4-6-8-11;1-4-5(8)7(9)6(4,2)3/h4-8,10H,9H2,1-3H3;4,9H,1-3H3/t10-;4-/m11/s1/i2*2D3/t10-,13+;4-,6+. The average molecular weight is 354 g/mol. The minimum absolute atomic E-state index is 0.185. The minimum atomic E-state index is -2.34. The number of carbonyl (C=O) groups excluding carboxylic acids is 2. The summed E-state index contributed by atoms with van der Waals surface area (Å²) in [5.41, 5.74) is -1.77. The molecule has 0 aromatic heterocycles. The van der Waals surface area contributed by atoms with Gasteiger partial charge in [-0.25, -0.2) is 10.1 Å². The smallest absolute Gasteiger partial charge is 0.251 e. The van der Waals surface area contributed by atoms with Gasteiger partial charge in [-0.05, 0) is 33.1 Å². The molecule has 0 unspecified atom stereocenters. The lowest BCUT2D eigenvalue weighted by molar-refractivity contribution is -0.270. The number of hydroxylamine groups is 4. The number of rotatable bonds is 3. The van der Waals surface area contributed by atoms with Crippen molar-refractivity contribution in [2.45, 2.75) is 59.1 Å².